The lowest BCUT2D eigenvalue weighted by Gasteiger charge is -2.00. The minimum Gasteiger partial charge on any atom is -0.348 e. The van der Waals surface area contributed by atoms with E-state index >= 15 is 0 Å². The van der Waals surface area contributed by atoms with Gasteiger partial charge in [0.05, 0.1) is 6.33 Å². The summed E-state index contributed by atoms with van der Waals surface area (Å²) in [6.45, 7) is 2.73. The maximum Gasteiger partial charge on any atom is 0.183 e. The Kier molecular flexibility index (Phi) is 6.58. The molecule has 0 unspecified atom stereocenters. The van der Waals surface area contributed by atoms with Gasteiger partial charge in [-0.3, -0.25) is 10.3 Å². The predicted molar refractivity (Wildman–Crippen MR) is 73.2 cm³/mol. The highest BCUT2D eigenvalue weighted by Crippen LogP contribution is 2.18. The van der Waals surface area contributed by atoms with Crippen LogP contribution in [0.1, 0.15) is 12.1 Å². The molecule has 0 saturated carbocycles. The van der Waals surface area contributed by atoms with Crippen molar-refractivity contribution in [2.24, 2.45) is 4.99 Å². The molecule has 1 aromatic heterocycles. The predicted octanol–water partition coefficient (Wildman–Crippen LogP) is 1.99. The Bertz CT molecular complexity index is 407. The van der Waals surface area contributed by atoms with E-state index in [4.69, 9.17) is 5.26 Å². The number of aromatic amines is 1. The Hall–Kier alpha value is -1.13. The first-order chi connectivity index (χ1) is 8.27. The number of imidazole rings is 1. The van der Waals surface area contributed by atoms with Crippen LogP contribution in [0.3, 0.4) is 0 Å². The minimum absolute atomic E-state index is 0.674. The summed E-state index contributed by atoms with van der Waals surface area (Å²) in [5, 5.41) is 12.7. The molecule has 0 aromatic carbocycles. The molecule has 92 valence electrons. The lowest BCUT2D eigenvalue weighted by Crippen LogP contribution is -2.13. The van der Waals surface area contributed by atoms with Crippen LogP contribution < -0.4 is 5.32 Å². The van der Waals surface area contributed by atoms with Gasteiger partial charge in [-0.1, -0.05) is 11.8 Å². The molecule has 5 nitrogen and oxygen atoms in total. The molecule has 0 bridgehead atoms. The second kappa shape index (κ2) is 8.03. The summed E-state index contributed by atoms with van der Waals surface area (Å²) >= 11 is 3.17. The maximum absolute atomic E-state index is 8.45. The normalized spacial score (nSPS) is 11.2. The average Bonchev–Trinajstić information content (AvgIpc) is 2.73. The fraction of sp³-hybridized carbons (Fsp3) is 0.500. The number of aryl methyl sites for hydroxylation is 1. The van der Waals surface area contributed by atoms with Crippen molar-refractivity contribution in [3.8, 4) is 6.19 Å². The summed E-state index contributed by atoms with van der Waals surface area (Å²) in [4.78, 5) is 11.5. The number of nitrogens with zero attached hydrogens (tertiary/aromatic N) is 3. The van der Waals surface area contributed by atoms with Gasteiger partial charge < -0.3 is 4.98 Å². The average molecular weight is 269 g/mol. The van der Waals surface area contributed by atoms with Gasteiger partial charge in [-0.15, -0.1) is 11.8 Å². The monoisotopic (exact) mass is 269 g/mol. The van der Waals surface area contributed by atoms with Crippen molar-refractivity contribution in [3.05, 3.63) is 12.0 Å². The van der Waals surface area contributed by atoms with E-state index < -0.39 is 0 Å². The Morgan fingerprint density at radius 2 is 2.53 bits per heavy atom. The minimum atomic E-state index is 0.674. The van der Waals surface area contributed by atoms with Crippen LogP contribution in [-0.2, 0) is 0 Å². The number of amidine groups is 1. The number of nitriles is 1. The van der Waals surface area contributed by atoms with E-state index in [1.165, 1.54) is 11.8 Å². The summed E-state index contributed by atoms with van der Waals surface area (Å²) in [5.41, 5.74) is 1.11. The number of rotatable bonds is 5. The molecule has 0 aliphatic rings. The number of hydrogen-bond donors (Lipinski definition) is 2. The Balaban J connectivity index is 2.20. The molecule has 0 fully saturated rings. The highest BCUT2D eigenvalue weighted by Gasteiger charge is 2.00. The SMILES string of the molecule is CSC(=NCCCSc1nc[nH]c1C)NC#N. The van der Waals surface area contributed by atoms with Crippen molar-refractivity contribution in [3.63, 3.8) is 0 Å². The number of H-pyrrole nitrogens is 1. The van der Waals surface area contributed by atoms with Gasteiger partial charge in [-0.2, -0.15) is 5.26 Å². The zero-order chi connectivity index (χ0) is 12.5. The zero-order valence-corrected chi connectivity index (χ0v) is 11.5. The Morgan fingerprint density at radius 1 is 1.71 bits per heavy atom. The van der Waals surface area contributed by atoms with Gasteiger partial charge in [0.1, 0.15) is 5.03 Å². The summed E-state index contributed by atoms with van der Waals surface area (Å²) in [5.74, 6) is 0.976. The van der Waals surface area contributed by atoms with Gasteiger partial charge in [0.2, 0.25) is 0 Å². The van der Waals surface area contributed by atoms with Gasteiger partial charge in [0.25, 0.3) is 0 Å². The number of nitrogens with one attached hydrogen (secondary N) is 2. The fourth-order valence-electron chi connectivity index (χ4n) is 1.11. The van der Waals surface area contributed by atoms with E-state index in [1.807, 2.05) is 19.4 Å². The Morgan fingerprint density at radius 3 is 3.12 bits per heavy atom. The first-order valence-electron chi connectivity index (χ1n) is 5.14. The second-order valence-electron chi connectivity index (χ2n) is 3.16. The molecule has 0 atom stereocenters. The summed E-state index contributed by atoms with van der Waals surface area (Å²) < 4.78 is 0. The topological polar surface area (TPSA) is 76.9 Å². The highest BCUT2D eigenvalue weighted by atomic mass is 32.2. The van der Waals surface area contributed by atoms with Gasteiger partial charge >= 0.3 is 0 Å². The molecule has 0 amide bonds. The largest absolute Gasteiger partial charge is 0.348 e. The van der Waals surface area contributed by atoms with Crippen LogP contribution in [0.5, 0.6) is 0 Å². The van der Waals surface area contributed by atoms with Crippen molar-refractivity contribution in [1.29, 1.82) is 5.26 Å². The molecule has 1 heterocycles. The quantitative estimate of drug-likeness (QED) is 0.213. The number of aromatic nitrogens is 2. The van der Waals surface area contributed by atoms with E-state index in [0.29, 0.717) is 5.17 Å². The molecule has 0 aliphatic heterocycles. The van der Waals surface area contributed by atoms with Crippen molar-refractivity contribution >= 4 is 28.7 Å². The van der Waals surface area contributed by atoms with E-state index in [1.54, 1.807) is 18.1 Å². The lowest BCUT2D eigenvalue weighted by atomic mass is 10.5. The van der Waals surface area contributed by atoms with Crippen LogP contribution >= 0.6 is 23.5 Å². The van der Waals surface area contributed by atoms with Crippen LogP contribution in [0.2, 0.25) is 0 Å². The smallest absolute Gasteiger partial charge is 0.183 e. The van der Waals surface area contributed by atoms with Gasteiger partial charge in [-0.25, -0.2) is 4.98 Å². The van der Waals surface area contributed by atoms with Gasteiger partial charge in [0.15, 0.2) is 11.4 Å². The number of thioether (sulfide) groups is 2. The van der Waals surface area contributed by atoms with E-state index in [0.717, 1.165) is 29.4 Å². The molecule has 0 radical (unpaired) electrons. The summed E-state index contributed by atoms with van der Waals surface area (Å²) in [7, 11) is 0. The molecule has 0 spiro atoms. The van der Waals surface area contributed by atoms with Crippen molar-refractivity contribution in [2.75, 3.05) is 18.6 Å². The first-order valence-corrected chi connectivity index (χ1v) is 7.35. The maximum atomic E-state index is 8.45. The van der Waals surface area contributed by atoms with Crippen molar-refractivity contribution in [2.45, 2.75) is 18.4 Å². The molecule has 1 aromatic rings. The van der Waals surface area contributed by atoms with Crippen LogP contribution in [0.15, 0.2) is 16.3 Å². The van der Waals surface area contributed by atoms with Crippen molar-refractivity contribution in [1.82, 2.24) is 15.3 Å². The molecule has 0 aliphatic carbocycles. The Labute approximate surface area is 109 Å². The van der Waals surface area contributed by atoms with E-state index in [9.17, 15) is 0 Å². The van der Waals surface area contributed by atoms with E-state index in [-0.39, 0.29) is 0 Å². The fourth-order valence-corrected chi connectivity index (χ4v) is 2.35. The number of hydrogen-bond acceptors (Lipinski definition) is 5. The second-order valence-corrected chi connectivity index (χ2v) is 5.04. The summed E-state index contributed by atoms with van der Waals surface area (Å²) in [6, 6.07) is 0. The molecular weight excluding hydrogens is 254 g/mol. The molecular formula is C10H15N5S2. The molecule has 17 heavy (non-hydrogen) atoms. The highest BCUT2D eigenvalue weighted by molar-refractivity contribution is 8.13. The third kappa shape index (κ3) is 5.15. The first kappa shape index (κ1) is 13.9. The standard InChI is InChI=1S/C10H15N5S2/c1-8-9(15-7-14-8)17-5-3-4-12-10(16-2)13-6-11/h7H,3-5H2,1-2H3,(H,12,13)(H,14,15). The van der Waals surface area contributed by atoms with Crippen LogP contribution in [0.4, 0.5) is 0 Å². The summed E-state index contributed by atoms with van der Waals surface area (Å²) in [6.07, 6.45) is 6.44. The zero-order valence-electron chi connectivity index (χ0n) is 9.86. The third-order valence-corrected chi connectivity index (χ3v) is 3.73. The van der Waals surface area contributed by atoms with Crippen LogP contribution in [0, 0.1) is 18.4 Å². The van der Waals surface area contributed by atoms with Crippen molar-refractivity contribution < 1.29 is 0 Å². The third-order valence-electron chi connectivity index (χ3n) is 1.94. The van der Waals surface area contributed by atoms with Crippen LogP contribution in [-0.4, -0.2) is 33.7 Å². The van der Waals surface area contributed by atoms with Gasteiger partial charge in [-0.05, 0) is 19.6 Å². The van der Waals surface area contributed by atoms with Crippen LogP contribution in [0.25, 0.3) is 0 Å². The molecule has 1 rings (SSSR count). The van der Waals surface area contributed by atoms with E-state index in [2.05, 4.69) is 20.3 Å². The number of aliphatic imine (C=N–C) groups is 1. The molecule has 0 saturated heterocycles. The lowest BCUT2D eigenvalue weighted by molar-refractivity contribution is 0.937. The molecule has 2 N–H and O–H groups in total. The molecule has 7 heteroatoms. The van der Waals surface area contributed by atoms with Gasteiger partial charge in [0, 0.05) is 18.0 Å².